The number of nitrogens with one attached hydrogen (secondary N) is 3. The molecule has 4 fully saturated rings. The molecule has 8 aromatic carbocycles. The lowest BCUT2D eigenvalue weighted by atomic mass is 9.99. The zero-order valence-electron chi connectivity index (χ0n) is 74.6. The van der Waals surface area contributed by atoms with Crippen molar-refractivity contribution in [3.05, 3.63) is 328 Å². The maximum atomic E-state index is 13.5. The second kappa shape index (κ2) is 46.9. The number of phenols is 1. The highest BCUT2D eigenvalue weighted by atomic mass is 19.2. The Morgan fingerprint density at radius 1 is 0.400 bits per heavy atom. The average molecular weight is 1700 g/mol. The summed E-state index contributed by atoms with van der Waals surface area (Å²) in [4.78, 5) is 46.6. The topological polar surface area (TPSA) is 172 Å². The molecule has 3 atom stereocenters. The number of rotatable bonds is 31. The number of nitrogens with zero attached hydrogens (tertiary/aromatic N) is 12. The Balaban J connectivity index is 0.000000145. The van der Waals surface area contributed by atoms with Gasteiger partial charge in [-0.2, -0.15) is 0 Å². The van der Waals surface area contributed by atoms with E-state index in [1.807, 2.05) is 54.7 Å². The summed E-state index contributed by atoms with van der Waals surface area (Å²) in [7, 11) is 0. The molecule has 16 rings (SSSR count). The molecule has 4 saturated heterocycles. The van der Waals surface area contributed by atoms with Crippen molar-refractivity contribution in [3.8, 4) is 50.8 Å². The second-order valence-corrected chi connectivity index (χ2v) is 33.6. The van der Waals surface area contributed by atoms with Crippen LogP contribution in [0.4, 0.5) is 26.3 Å². The molecule has 0 bridgehead atoms. The zero-order chi connectivity index (χ0) is 89.0. The average Bonchev–Trinajstić information content (AvgIpc) is 0.836. The molecule has 4 aromatic heterocycles. The minimum absolute atomic E-state index is 0.0142. The predicted molar refractivity (Wildman–Crippen MR) is 486 cm³/mol. The maximum absolute atomic E-state index is 13.5. The first kappa shape index (κ1) is 89.0. The molecule has 4 N–H and O–H groups in total. The van der Waals surface area contributed by atoms with Gasteiger partial charge in [0.1, 0.15) is 64.0 Å². The Morgan fingerprint density at radius 2 is 0.792 bits per heavy atom. The van der Waals surface area contributed by atoms with Crippen LogP contribution in [0.2, 0.25) is 0 Å². The largest absolute Gasteiger partial charge is 0.508 e. The molecule has 22 heteroatoms. The van der Waals surface area contributed by atoms with E-state index in [4.69, 9.17) is 17.7 Å². The molecular formula is C103H119F6N15O. The van der Waals surface area contributed by atoms with Gasteiger partial charge in [0.2, 0.25) is 0 Å². The number of hydrogen-bond acceptors (Lipinski definition) is 16. The standard InChI is InChI=1S/C27H32F2N4.C26H31N3O.2C25H28F2N4/c1-19(2)26-17-30-11-12-33(26)18-21-6-3-7-22(13-21)25-9-10-31-27(32-25)8-4-5-20-14-23(28)16-24(29)15-20;1-20-6-2-3-17-29(20)19-22-8-4-9-23(18-22)25-15-16-27-26(28-25)10-5-7-21-11-13-24(30)14-12-21;1-18-16-28-10-11-31(18)17-20-5-2-6-21(12-20)24-8-9-29-25(30-24)7-3-4-19-13-22(26)15-23(27)14-19;1-2-31(23-15-28-16-23)17-19-6-3-7-20(11-19)24-9-10-29-25(30-24)8-4-5-18-12-21(26)14-22(27)13-18/h3,6-7,9-10,13-16,19,26,30H,4-5,8,11-12,17-18H2,1-2H3;4,8-9,11-16,18,20,30H,2-3,5-7,10,17,19H2,1H3;2,5-6,8-9,12-15,18,28H,3-4,7,10-11,16-17H2,1H3;3,6-7,9-14,23,28H,2,4-5,8,15-17H2,1H3/t;20-;18-;/m.00./s1/i;;4D2;. The lowest BCUT2D eigenvalue weighted by Crippen LogP contribution is -2.56. The molecule has 16 nitrogen and oxygen atoms in total. The number of phenolic OH excluding ortho intramolecular Hbond substituents is 1. The molecule has 0 spiro atoms. The number of hydrogen-bond donors (Lipinski definition) is 4. The van der Waals surface area contributed by atoms with Gasteiger partial charge in [-0.25, -0.2) is 66.2 Å². The first-order valence-corrected chi connectivity index (χ1v) is 44.4. The predicted octanol–water partition coefficient (Wildman–Crippen LogP) is 19.2. The van der Waals surface area contributed by atoms with Gasteiger partial charge in [0, 0.05) is 196 Å². The Morgan fingerprint density at radius 3 is 1.21 bits per heavy atom. The Labute approximate surface area is 736 Å². The van der Waals surface area contributed by atoms with E-state index < -0.39 is 41.3 Å². The number of likely N-dealkylation sites (N-methyl/N-ethyl adjacent to an activating group) is 1. The Kier molecular flexibility index (Phi) is 33.4. The van der Waals surface area contributed by atoms with Crippen LogP contribution >= 0.6 is 0 Å². The fraction of sp³-hybridized carbons (Fsp3) is 0.379. The third-order valence-corrected chi connectivity index (χ3v) is 23.6. The number of aromatic nitrogens is 8. The normalized spacial score (nSPS) is 16.7. The Hall–Kier alpha value is -10.8. The first-order chi connectivity index (χ1) is 61.5. The molecule has 0 saturated carbocycles. The number of piperazine rings is 2. The number of likely N-dealkylation sites (tertiary alicyclic amines) is 1. The fourth-order valence-electron chi connectivity index (χ4n) is 16.6. The van der Waals surface area contributed by atoms with E-state index in [0.29, 0.717) is 78.5 Å². The van der Waals surface area contributed by atoms with Crippen molar-refractivity contribution in [1.82, 2.24) is 75.4 Å². The van der Waals surface area contributed by atoms with Gasteiger partial charge in [-0.15, -0.1) is 0 Å². The monoisotopic (exact) mass is 1700 g/mol. The van der Waals surface area contributed by atoms with Gasteiger partial charge in [0.15, 0.2) is 0 Å². The van der Waals surface area contributed by atoms with Crippen LogP contribution in [0, 0.1) is 40.8 Å². The summed E-state index contributed by atoms with van der Waals surface area (Å²) in [5.41, 5.74) is 15.5. The summed E-state index contributed by atoms with van der Waals surface area (Å²) in [6.45, 7) is 25.6. The summed E-state index contributed by atoms with van der Waals surface area (Å²) in [6.07, 6.45) is 16.2. The fourth-order valence-corrected chi connectivity index (χ4v) is 16.6. The number of aromatic hydroxyl groups is 1. The van der Waals surface area contributed by atoms with Gasteiger partial charge in [-0.05, 0) is 239 Å². The van der Waals surface area contributed by atoms with Gasteiger partial charge in [0.05, 0.1) is 22.8 Å². The van der Waals surface area contributed by atoms with Crippen LogP contribution < -0.4 is 16.0 Å². The lowest BCUT2D eigenvalue weighted by molar-refractivity contribution is 0.117. The molecule has 0 aliphatic carbocycles. The lowest BCUT2D eigenvalue weighted by Gasteiger charge is -2.38. The molecule has 654 valence electrons. The van der Waals surface area contributed by atoms with Crippen molar-refractivity contribution in [2.75, 3.05) is 65.4 Å². The quantitative estimate of drug-likeness (QED) is 0.0302. The van der Waals surface area contributed by atoms with E-state index in [1.54, 1.807) is 30.7 Å². The highest BCUT2D eigenvalue weighted by Crippen LogP contribution is 2.29. The number of benzene rings is 8. The SMILES string of the molecule is CC(C)C1CNCCN1Cc1cccc(-c2ccnc(CCCc3cc(F)cc(F)c3)n2)c1.CCN(Cc1cccc(-c2ccnc(CCCc3cc(F)cc(F)c3)n2)c1)C1CNC1.C[C@H]1CCCCN1Cc1cccc(-c2ccnc(CCCc3ccc(O)cc3)n2)c1.[2H]C([2H])(CCc1nccc(-c2cccc(CN3CCNC[C@@H]3C)c2)n1)c1cc(F)cc(F)c1. The highest BCUT2D eigenvalue weighted by molar-refractivity contribution is 5.62. The van der Waals surface area contributed by atoms with Crippen LogP contribution in [0.3, 0.4) is 0 Å². The third kappa shape index (κ3) is 28.9. The molecular weight excluding hydrogens is 1580 g/mol. The van der Waals surface area contributed by atoms with Gasteiger partial charge in [0.25, 0.3) is 0 Å². The van der Waals surface area contributed by atoms with Crippen molar-refractivity contribution in [3.63, 3.8) is 0 Å². The minimum atomic E-state index is -1.90. The van der Waals surface area contributed by atoms with E-state index in [0.717, 1.165) is 204 Å². The second-order valence-electron chi connectivity index (χ2n) is 33.6. The smallest absolute Gasteiger partial charge is 0.128 e. The maximum Gasteiger partial charge on any atom is 0.128 e. The third-order valence-electron chi connectivity index (χ3n) is 23.6. The van der Waals surface area contributed by atoms with E-state index in [1.165, 1.54) is 83.5 Å². The molecule has 8 heterocycles. The summed E-state index contributed by atoms with van der Waals surface area (Å²) in [5, 5.41) is 19.7. The van der Waals surface area contributed by atoms with E-state index in [9.17, 15) is 31.4 Å². The summed E-state index contributed by atoms with van der Waals surface area (Å²) < 4.78 is 97.1. The van der Waals surface area contributed by atoms with Crippen molar-refractivity contribution in [2.45, 2.75) is 181 Å². The van der Waals surface area contributed by atoms with Gasteiger partial charge in [-0.3, -0.25) is 19.6 Å². The van der Waals surface area contributed by atoms with Crippen molar-refractivity contribution >= 4 is 0 Å². The van der Waals surface area contributed by atoms with Gasteiger partial charge < -0.3 is 21.1 Å². The highest BCUT2D eigenvalue weighted by Gasteiger charge is 2.27. The van der Waals surface area contributed by atoms with E-state index in [2.05, 4.69) is 180 Å². The van der Waals surface area contributed by atoms with Crippen LogP contribution in [0.1, 0.15) is 150 Å². The minimum Gasteiger partial charge on any atom is -0.508 e. The molecule has 4 aliphatic rings. The summed E-state index contributed by atoms with van der Waals surface area (Å²) in [5.74, 6) is 0.0624. The van der Waals surface area contributed by atoms with Crippen LogP contribution in [0.15, 0.2) is 225 Å². The molecule has 125 heavy (non-hydrogen) atoms. The number of aryl methyl sites for hydroxylation is 8. The zero-order valence-corrected chi connectivity index (χ0v) is 72.6. The summed E-state index contributed by atoms with van der Waals surface area (Å²) >= 11 is 0. The number of piperidine rings is 1. The van der Waals surface area contributed by atoms with E-state index >= 15 is 0 Å². The molecule has 12 aromatic rings. The van der Waals surface area contributed by atoms with Crippen molar-refractivity contribution in [1.29, 1.82) is 0 Å². The molecule has 0 radical (unpaired) electrons. The van der Waals surface area contributed by atoms with Gasteiger partial charge in [-0.1, -0.05) is 112 Å². The van der Waals surface area contributed by atoms with E-state index in [-0.39, 0.29) is 18.4 Å². The molecule has 0 amide bonds. The van der Waals surface area contributed by atoms with Crippen molar-refractivity contribution in [2.24, 2.45) is 5.92 Å². The molecule has 4 aliphatic heterocycles. The van der Waals surface area contributed by atoms with Crippen molar-refractivity contribution < 1.29 is 34.2 Å². The van der Waals surface area contributed by atoms with Crippen LogP contribution in [-0.4, -0.2) is 154 Å². The number of halogens is 6. The first-order valence-electron chi connectivity index (χ1n) is 45.4. The summed E-state index contributed by atoms with van der Waals surface area (Å²) in [6, 6.07) is 61.8. The van der Waals surface area contributed by atoms with Crippen LogP contribution in [0.5, 0.6) is 5.75 Å². The Bertz CT molecular complexity index is 5440. The molecule has 1 unspecified atom stereocenters. The van der Waals surface area contributed by atoms with Crippen LogP contribution in [0.25, 0.3) is 45.0 Å². The van der Waals surface area contributed by atoms with Gasteiger partial charge >= 0.3 is 0 Å². The van der Waals surface area contributed by atoms with Crippen LogP contribution in [-0.2, 0) is 77.5 Å².